The van der Waals surface area contributed by atoms with Crippen molar-refractivity contribution in [1.82, 2.24) is 15.3 Å². The van der Waals surface area contributed by atoms with Crippen LogP contribution in [0.5, 0.6) is 0 Å². The highest BCUT2D eigenvalue weighted by Gasteiger charge is 2.31. The number of hydrogen-bond donors (Lipinski definition) is 3. The van der Waals surface area contributed by atoms with Gasteiger partial charge in [-0.05, 0) is 50.9 Å². The number of nitrogens with one attached hydrogen (secondary N) is 2. The van der Waals surface area contributed by atoms with Crippen LogP contribution in [-0.2, 0) is 12.6 Å². The summed E-state index contributed by atoms with van der Waals surface area (Å²) in [5, 5.41) is 6.25. The average molecular weight is 495 g/mol. The largest absolute Gasteiger partial charge is 0.416 e. The van der Waals surface area contributed by atoms with Crippen LogP contribution in [-0.4, -0.2) is 36.1 Å². The number of benzene rings is 1. The van der Waals surface area contributed by atoms with Crippen LogP contribution < -0.4 is 21.3 Å². The van der Waals surface area contributed by atoms with Gasteiger partial charge in [0, 0.05) is 42.3 Å². The van der Waals surface area contributed by atoms with E-state index in [4.69, 9.17) is 5.73 Å². The lowest BCUT2D eigenvalue weighted by Crippen LogP contribution is -2.44. The fourth-order valence-electron chi connectivity index (χ4n) is 3.62. The average Bonchev–Trinajstić information content (AvgIpc) is 2.71. The number of alkyl halides is 3. The van der Waals surface area contributed by atoms with Gasteiger partial charge in [-0.3, -0.25) is 0 Å². The number of halogens is 5. The minimum Gasteiger partial charge on any atom is -0.399 e. The predicted molar refractivity (Wildman–Crippen MR) is 129 cm³/mol. The highest BCUT2D eigenvalue weighted by Crippen LogP contribution is 2.33. The molecule has 1 aromatic heterocycles. The SMILES string of the molecule is CCCCc1cc(N2CCC[C@@H](NC)C2)nc(Nc2cc(N)cc(C(F)(F)F)c2)n1.Cl.Cl. The van der Waals surface area contributed by atoms with Gasteiger partial charge in [0.15, 0.2) is 0 Å². The third kappa shape index (κ3) is 7.56. The quantitative estimate of drug-likeness (QED) is 0.459. The van der Waals surface area contributed by atoms with Gasteiger partial charge in [0.25, 0.3) is 0 Å². The van der Waals surface area contributed by atoms with E-state index in [0.29, 0.717) is 6.04 Å². The molecule has 0 spiro atoms. The maximum absolute atomic E-state index is 13.1. The summed E-state index contributed by atoms with van der Waals surface area (Å²) in [6.07, 6.45) is 0.469. The maximum Gasteiger partial charge on any atom is 0.416 e. The van der Waals surface area contributed by atoms with Crippen LogP contribution >= 0.6 is 24.8 Å². The summed E-state index contributed by atoms with van der Waals surface area (Å²) in [5.41, 5.74) is 6.00. The van der Waals surface area contributed by atoms with Crippen LogP contribution in [0.25, 0.3) is 0 Å². The Hall–Kier alpha value is -1.97. The Bertz CT molecular complexity index is 866. The Labute approximate surface area is 199 Å². The van der Waals surface area contributed by atoms with Gasteiger partial charge in [0.1, 0.15) is 5.82 Å². The van der Waals surface area contributed by atoms with Crippen LogP contribution in [0.1, 0.15) is 43.9 Å². The fraction of sp³-hybridized carbons (Fsp3) is 0.524. The number of rotatable bonds is 7. The molecule has 11 heteroatoms. The van der Waals surface area contributed by atoms with Crippen LogP contribution in [0.4, 0.5) is 36.3 Å². The lowest BCUT2D eigenvalue weighted by molar-refractivity contribution is -0.137. The van der Waals surface area contributed by atoms with Crippen LogP contribution in [0.2, 0.25) is 0 Å². The molecule has 0 radical (unpaired) electrons. The molecule has 6 nitrogen and oxygen atoms in total. The van der Waals surface area contributed by atoms with Crippen LogP contribution in [0.3, 0.4) is 0 Å². The molecule has 1 aliphatic rings. The van der Waals surface area contributed by atoms with Gasteiger partial charge in [-0.2, -0.15) is 18.2 Å². The Balaban J connectivity index is 0.00000256. The molecule has 0 amide bonds. The molecule has 32 heavy (non-hydrogen) atoms. The van der Waals surface area contributed by atoms with Gasteiger partial charge >= 0.3 is 6.18 Å². The van der Waals surface area contributed by atoms with Crippen molar-refractivity contribution in [3.63, 3.8) is 0 Å². The van der Waals surface area contributed by atoms with E-state index in [0.717, 1.165) is 68.8 Å². The van der Waals surface area contributed by atoms with Crippen molar-refractivity contribution in [3.05, 3.63) is 35.5 Å². The zero-order valence-corrected chi connectivity index (χ0v) is 19.8. The number of unbranched alkanes of at least 4 members (excludes halogenated alkanes) is 1. The molecule has 180 valence electrons. The number of aryl methyl sites for hydroxylation is 1. The smallest absolute Gasteiger partial charge is 0.399 e. The summed E-state index contributed by atoms with van der Waals surface area (Å²) in [4.78, 5) is 11.3. The van der Waals surface area contributed by atoms with E-state index < -0.39 is 11.7 Å². The van der Waals surface area contributed by atoms with E-state index in [1.165, 1.54) is 6.07 Å². The summed E-state index contributed by atoms with van der Waals surface area (Å²) in [5.74, 6) is 1.07. The van der Waals surface area contributed by atoms with E-state index in [9.17, 15) is 13.2 Å². The van der Waals surface area contributed by atoms with Gasteiger partial charge in [-0.25, -0.2) is 4.98 Å². The molecule has 1 fully saturated rings. The first-order valence-electron chi connectivity index (χ1n) is 10.3. The van der Waals surface area contributed by atoms with Gasteiger partial charge < -0.3 is 21.3 Å². The number of hydrogen-bond acceptors (Lipinski definition) is 6. The van der Waals surface area contributed by atoms with Gasteiger partial charge in [-0.1, -0.05) is 13.3 Å². The first kappa shape index (κ1) is 28.1. The van der Waals surface area contributed by atoms with E-state index in [1.807, 2.05) is 13.1 Å². The van der Waals surface area contributed by atoms with E-state index >= 15 is 0 Å². The molecule has 3 rings (SSSR count). The normalized spacial score (nSPS) is 16.2. The second kappa shape index (κ2) is 12.3. The second-order valence-electron chi connectivity index (χ2n) is 7.68. The van der Waals surface area contributed by atoms with Crippen molar-refractivity contribution in [3.8, 4) is 0 Å². The first-order valence-corrected chi connectivity index (χ1v) is 10.3. The van der Waals surface area contributed by atoms with Crippen LogP contribution in [0.15, 0.2) is 24.3 Å². The minimum absolute atomic E-state index is 0. The third-order valence-electron chi connectivity index (χ3n) is 5.24. The molecule has 0 unspecified atom stereocenters. The number of aromatic nitrogens is 2. The fourth-order valence-corrected chi connectivity index (χ4v) is 3.62. The van der Waals surface area contributed by atoms with Crippen molar-refractivity contribution in [1.29, 1.82) is 0 Å². The summed E-state index contributed by atoms with van der Waals surface area (Å²) < 4.78 is 39.4. The maximum atomic E-state index is 13.1. The molecule has 2 aromatic rings. The third-order valence-corrected chi connectivity index (χ3v) is 5.24. The van der Waals surface area contributed by atoms with Crippen molar-refractivity contribution in [2.45, 2.75) is 51.2 Å². The zero-order chi connectivity index (χ0) is 21.7. The highest BCUT2D eigenvalue weighted by molar-refractivity contribution is 5.85. The van der Waals surface area contributed by atoms with Gasteiger partial charge in [0.2, 0.25) is 5.95 Å². The van der Waals surface area contributed by atoms with Gasteiger partial charge in [-0.15, -0.1) is 24.8 Å². The predicted octanol–water partition coefficient (Wildman–Crippen LogP) is 5.20. The van der Waals surface area contributed by atoms with Crippen molar-refractivity contribution >= 4 is 48.0 Å². The van der Waals surface area contributed by atoms with Crippen molar-refractivity contribution < 1.29 is 13.2 Å². The molecule has 0 bridgehead atoms. The molecule has 1 atom stereocenters. The number of nitrogens with two attached hydrogens (primary N) is 1. The minimum atomic E-state index is -4.48. The topological polar surface area (TPSA) is 79.1 Å². The number of nitrogen functional groups attached to an aromatic ring is 1. The number of piperidine rings is 1. The molecule has 2 heterocycles. The second-order valence-corrected chi connectivity index (χ2v) is 7.68. The lowest BCUT2D eigenvalue weighted by atomic mass is 10.1. The number of anilines is 4. The summed E-state index contributed by atoms with van der Waals surface area (Å²) in [6.45, 7) is 3.82. The van der Waals surface area contributed by atoms with Crippen molar-refractivity contribution in [2.75, 3.05) is 36.1 Å². The summed E-state index contributed by atoms with van der Waals surface area (Å²) >= 11 is 0. The van der Waals surface area contributed by atoms with Gasteiger partial charge in [0.05, 0.1) is 5.56 Å². The Morgan fingerprint density at radius 1 is 1.16 bits per heavy atom. The molecule has 1 saturated heterocycles. The molecule has 0 saturated carbocycles. The first-order chi connectivity index (χ1) is 14.3. The molecular weight excluding hydrogens is 464 g/mol. The molecule has 4 N–H and O–H groups in total. The lowest BCUT2D eigenvalue weighted by Gasteiger charge is -2.33. The number of likely N-dealkylation sites (N-methyl/N-ethyl adjacent to an activating group) is 1. The van der Waals surface area contributed by atoms with E-state index in [2.05, 4.69) is 32.4 Å². The Morgan fingerprint density at radius 3 is 2.56 bits per heavy atom. The summed E-state index contributed by atoms with van der Waals surface area (Å²) in [6, 6.07) is 5.76. The molecular formula is C21H31Cl2F3N6. The van der Waals surface area contributed by atoms with Crippen LogP contribution in [0, 0.1) is 0 Å². The molecule has 1 aliphatic heterocycles. The zero-order valence-electron chi connectivity index (χ0n) is 18.2. The molecule has 1 aromatic carbocycles. The highest BCUT2D eigenvalue weighted by atomic mass is 35.5. The monoisotopic (exact) mass is 494 g/mol. The number of nitrogens with zero attached hydrogens (tertiary/aromatic N) is 3. The van der Waals surface area contributed by atoms with Crippen molar-refractivity contribution in [2.24, 2.45) is 0 Å². The molecule has 0 aliphatic carbocycles. The Morgan fingerprint density at radius 2 is 1.91 bits per heavy atom. The Kier molecular flexibility index (Phi) is 10.8. The van der Waals surface area contributed by atoms with E-state index in [1.54, 1.807) is 0 Å². The van der Waals surface area contributed by atoms with E-state index in [-0.39, 0.29) is 42.1 Å². The summed E-state index contributed by atoms with van der Waals surface area (Å²) in [7, 11) is 1.95. The standard InChI is InChI=1S/C21H29F3N6.2ClH/c1-3-4-6-16-12-19(30-8-5-7-17(13-30)26-2)29-20(27-16)28-18-10-14(21(22,23)24)9-15(25)11-18;;/h9-12,17,26H,3-8,13,25H2,1-2H3,(H,27,28,29);2*1H/t17-;;/m1../s1.